The molecule has 0 radical (unpaired) electrons. The van der Waals surface area contributed by atoms with E-state index in [0.717, 1.165) is 20.3 Å². The SMILES string of the molecule is CO[C@@H]1[C@@H](CCP(=O)(O)OC)C[C@@H](n2ccc(=O)[nH]c2=O)[C@@H]1OP(=O)(O)OC. The van der Waals surface area contributed by atoms with E-state index in [2.05, 4.69) is 14.0 Å². The Morgan fingerprint density at radius 1 is 1.18 bits per heavy atom. The molecule has 1 aromatic heterocycles. The molecular formula is C14H24N2O10P2. The molecule has 0 bridgehead atoms. The van der Waals surface area contributed by atoms with Crippen LogP contribution >= 0.6 is 15.4 Å². The lowest BCUT2D eigenvalue weighted by molar-refractivity contribution is -0.0256. The summed E-state index contributed by atoms with van der Waals surface area (Å²) in [4.78, 5) is 45.1. The highest BCUT2D eigenvalue weighted by molar-refractivity contribution is 7.52. The van der Waals surface area contributed by atoms with Gasteiger partial charge in [-0.05, 0) is 18.8 Å². The average molecular weight is 442 g/mol. The predicted molar refractivity (Wildman–Crippen MR) is 97.3 cm³/mol. The van der Waals surface area contributed by atoms with Gasteiger partial charge in [-0.25, -0.2) is 9.36 Å². The van der Waals surface area contributed by atoms with E-state index in [-0.39, 0.29) is 19.0 Å². The molecule has 1 saturated carbocycles. The Balaban J connectivity index is 2.39. The third-order valence-electron chi connectivity index (χ3n) is 4.75. The number of methoxy groups -OCH3 is 1. The summed E-state index contributed by atoms with van der Waals surface area (Å²) >= 11 is 0. The zero-order valence-electron chi connectivity index (χ0n) is 15.6. The number of nitrogens with zero attached hydrogens (tertiary/aromatic N) is 1. The molecule has 0 amide bonds. The van der Waals surface area contributed by atoms with Crippen LogP contribution < -0.4 is 11.2 Å². The van der Waals surface area contributed by atoms with Crippen molar-refractivity contribution in [3.05, 3.63) is 33.1 Å². The Labute approximate surface area is 160 Å². The van der Waals surface area contributed by atoms with Gasteiger partial charge in [0.15, 0.2) is 0 Å². The van der Waals surface area contributed by atoms with Gasteiger partial charge in [0, 0.05) is 33.6 Å². The Morgan fingerprint density at radius 2 is 1.86 bits per heavy atom. The van der Waals surface area contributed by atoms with Crippen molar-refractivity contribution in [1.29, 1.82) is 0 Å². The summed E-state index contributed by atoms with van der Waals surface area (Å²) in [7, 11) is -4.74. The molecular weight excluding hydrogens is 418 g/mol. The van der Waals surface area contributed by atoms with Crippen LogP contribution in [-0.4, -0.2) is 59.0 Å². The minimum atomic E-state index is -4.44. The number of aromatic amines is 1. The number of rotatable bonds is 9. The van der Waals surface area contributed by atoms with Gasteiger partial charge in [-0.15, -0.1) is 0 Å². The monoisotopic (exact) mass is 442 g/mol. The normalized spacial score (nSPS) is 29.3. The third kappa shape index (κ3) is 5.49. The van der Waals surface area contributed by atoms with E-state index in [1.165, 1.54) is 17.9 Å². The second-order valence-electron chi connectivity index (χ2n) is 6.33. The highest BCUT2D eigenvalue weighted by Gasteiger charge is 2.49. The first-order chi connectivity index (χ1) is 13.0. The van der Waals surface area contributed by atoms with E-state index >= 15 is 0 Å². The summed E-state index contributed by atoms with van der Waals surface area (Å²) in [5.74, 6) is -0.397. The molecule has 1 aromatic rings. The summed E-state index contributed by atoms with van der Waals surface area (Å²) in [6.07, 6.45) is -0.390. The molecule has 0 aromatic carbocycles. The molecule has 1 fully saturated rings. The van der Waals surface area contributed by atoms with Crippen LogP contribution in [0.25, 0.3) is 0 Å². The highest BCUT2D eigenvalue weighted by atomic mass is 31.2. The van der Waals surface area contributed by atoms with E-state index < -0.39 is 50.8 Å². The van der Waals surface area contributed by atoms with Crippen LogP contribution in [0.5, 0.6) is 0 Å². The van der Waals surface area contributed by atoms with Crippen molar-refractivity contribution in [2.24, 2.45) is 5.92 Å². The van der Waals surface area contributed by atoms with Crippen LogP contribution in [-0.2, 0) is 27.4 Å². The highest BCUT2D eigenvalue weighted by Crippen LogP contribution is 2.52. The third-order valence-corrected chi connectivity index (χ3v) is 7.11. The number of H-pyrrole nitrogens is 1. The van der Waals surface area contributed by atoms with Gasteiger partial charge >= 0.3 is 21.1 Å². The summed E-state index contributed by atoms with van der Waals surface area (Å²) in [5.41, 5.74) is -1.32. The molecule has 28 heavy (non-hydrogen) atoms. The summed E-state index contributed by atoms with van der Waals surface area (Å²) < 4.78 is 44.7. The van der Waals surface area contributed by atoms with Crippen molar-refractivity contribution in [2.75, 3.05) is 27.5 Å². The zero-order chi connectivity index (χ0) is 21.1. The average Bonchev–Trinajstić information content (AvgIpc) is 2.96. The topological polar surface area (TPSA) is 166 Å². The van der Waals surface area contributed by atoms with Gasteiger partial charge in [-0.3, -0.25) is 28.0 Å². The number of ether oxygens (including phenoxy) is 1. The molecule has 12 nitrogen and oxygen atoms in total. The second kappa shape index (κ2) is 9.15. The Bertz CT molecular complexity index is 883. The lowest BCUT2D eigenvalue weighted by Gasteiger charge is -2.27. The number of aromatic nitrogens is 2. The summed E-state index contributed by atoms with van der Waals surface area (Å²) in [6.45, 7) is 0. The molecule has 3 N–H and O–H groups in total. The van der Waals surface area contributed by atoms with Crippen LogP contribution in [0.1, 0.15) is 18.9 Å². The maximum Gasteiger partial charge on any atom is 0.472 e. The van der Waals surface area contributed by atoms with Crippen molar-refractivity contribution in [3.8, 4) is 0 Å². The van der Waals surface area contributed by atoms with Crippen LogP contribution in [0.15, 0.2) is 21.9 Å². The van der Waals surface area contributed by atoms with Crippen molar-refractivity contribution in [3.63, 3.8) is 0 Å². The fourth-order valence-electron chi connectivity index (χ4n) is 3.38. The molecule has 1 aliphatic carbocycles. The van der Waals surface area contributed by atoms with Crippen LogP contribution in [0, 0.1) is 5.92 Å². The van der Waals surface area contributed by atoms with Crippen LogP contribution in [0.4, 0.5) is 0 Å². The molecule has 1 aliphatic rings. The van der Waals surface area contributed by atoms with E-state index in [0.29, 0.717) is 0 Å². The number of phosphoric ester groups is 1. The maximum atomic E-state index is 12.2. The predicted octanol–water partition coefficient (Wildman–Crippen LogP) is 0.466. The minimum Gasteiger partial charge on any atom is -0.378 e. The minimum absolute atomic E-state index is 0.172. The standard InChI is InChI=1S/C14H24N2O10P2/c1-23-12-9(5-7-27(19,20)24-2)8-10(13(12)26-28(21,22)25-3)16-6-4-11(17)15-14(16)18/h4,6,9-10,12-13H,5,7-8H2,1-3H3,(H,19,20)(H,21,22)(H,15,17,18)/t9-,10+,12+,13-/m0/s1. The van der Waals surface area contributed by atoms with E-state index in [4.69, 9.17) is 9.26 Å². The van der Waals surface area contributed by atoms with Gasteiger partial charge in [-0.2, -0.15) is 0 Å². The van der Waals surface area contributed by atoms with Gasteiger partial charge in [0.25, 0.3) is 5.56 Å². The molecule has 2 unspecified atom stereocenters. The summed E-state index contributed by atoms with van der Waals surface area (Å²) in [5, 5.41) is 0. The molecule has 0 spiro atoms. The summed E-state index contributed by atoms with van der Waals surface area (Å²) in [6, 6.07) is 0.352. The lowest BCUT2D eigenvalue weighted by Crippen LogP contribution is -2.38. The number of nitrogens with one attached hydrogen (secondary N) is 1. The van der Waals surface area contributed by atoms with Crippen molar-refractivity contribution in [1.82, 2.24) is 9.55 Å². The fourth-order valence-corrected chi connectivity index (χ4v) is 4.88. The smallest absolute Gasteiger partial charge is 0.378 e. The van der Waals surface area contributed by atoms with Gasteiger partial charge in [0.1, 0.15) is 6.10 Å². The number of hydrogen-bond acceptors (Lipinski definition) is 8. The maximum absolute atomic E-state index is 12.2. The fraction of sp³-hybridized carbons (Fsp3) is 0.714. The Kier molecular flexibility index (Phi) is 7.57. The largest absolute Gasteiger partial charge is 0.472 e. The molecule has 0 saturated heterocycles. The molecule has 160 valence electrons. The first-order valence-corrected chi connectivity index (χ1v) is 11.6. The number of phosphoric acid groups is 1. The van der Waals surface area contributed by atoms with E-state index in [1.807, 2.05) is 0 Å². The van der Waals surface area contributed by atoms with Gasteiger partial charge in [0.2, 0.25) is 0 Å². The first kappa shape index (κ1) is 23.2. The molecule has 6 atom stereocenters. The number of hydrogen-bond donors (Lipinski definition) is 3. The van der Waals surface area contributed by atoms with Gasteiger partial charge in [-0.1, -0.05) is 0 Å². The second-order valence-corrected chi connectivity index (χ2v) is 9.93. The van der Waals surface area contributed by atoms with E-state index in [9.17, 15) is 28.5 Å². The van der Waals surface area contributed by atoms with E-state index in [1.54, 1.807) is 0 Å². The first-order valence-electron chi connectivity index (χ1n) is 8.32. The molecule has 1 heterocycles. The van der Waals surface area contributed by atoms with Gasteiger partial charge in [0.05, 0.1) is 18.3 Å². The van der Waals surface area contributed by atoms with Crippen molar-refractivity contribution >= 4 is 15.4 Å². The zero-order valence-corrected chi connectivity index (χ0v) is 17.4. The molecule has 2 rings (SSSR count). The molecule has 0 aliphatic heterocycles. The van der Waals surface area contributed by atoms with Crippen LogP contribution in [0.3, 0.4) is 0 Å². The van der Waals surface area contributed by atoms with Gasteiger partial charge < -0.3 is 19.0 Å². The van der Waals surface area contributed by atoms with Crippen LogP contribution in [0.2, 0.25) is 0 Å². The van der Waals surface area contributed by atoms with Crippen molar-refractivity contribution in [2.45, 2.75) is 31.1 Å². The molecule has 14 heteroatoms. The Hall–Kier alpha value is -1.10. The Morgan fingerprint density at radius 3 is 2.39 bits per heavy atom. The van der Waals surface area contributed by atoms with Crippen molar-refractivity contribution < 1.29 is 37.2 Å². The lowest BCUT2D eigenvalue weighted by atomic mass is 10.0. The quantitative estimate of drug-likeness (QED) is 0.457.